The number of hydrogen-bond donors (Lipinski definition) is 0. The van der Waals surface area contributed by atoms with Gasteiger partial charge in [-0.05, 0) is 29.3 Å². The van der Waals surface area contributed by atoms with Crippen molar-refractivity contribution < 1.29 is 9.26 Å². The Balaban J connectivity index is 1.39. The summed E-state index contributed by atoms with van der Waals surface area (Å²) in [6.07, 6.45) is 7.05. The molecule has 1 unspecified atom stereocenters. The minimum absolute atomic E-state index is 0.167. The maximum atomic E-state index is 5.85. The third kappa shape index (κ3) is 4.22. The summed E-state index contributed by atoms with van der Waals surface area (Å²) in [5, 5.41) is 4.09. The summed E-state index contributed by atoms with van der Waals surface area (Å²) in [6, 6.07) is 14.3. The van der Waals surface area contributed by atoms with E-state index in [1.807, 2.05) is 24.3 Å². The van der Waals surface area contributed by atoms with Gasteiger partial charge < -0.3 is 9.26 Å². The van der Waals surface area contributed by atoms with E-state index in [2.05, 4.69) is 44.3 Å². The van der Waals surface area contributed by atoms with Gasteiger partial charge in [-0.3, -0.25) is 9.88 Å². The number of nitrogens with zero attached hydrogens (tertiary/aromatic N) is 4. The Labute approximate surface area is 152 Å². The van der Waals surface area contributed by atoms with Gasteiger partial charge in [0.05, 0.1) is 6.61 Å². The van der Waals surface area contributed by atoms with Gasteiger partial charge in [0.1, 0.15) is 6.10 Å². The van der Waals surface area contributed by atoms with Gasteiger partial charge in [-0.15, -0.1) is 0 Å². The van der Waals surface area contributed by atoms with Crippen molar-refractivity contribution in [2.24, 2.45) is 0 Å². The van der Waals surface area contributed by atoms with Gasteiger partial charge in [-0.1, -0.05) is 35.5 Å². The molecule has 6 nitrogen and oxygen atoms in total. The van der Waals surface area contributed by atoms with E-state index in [-0.39, 0.29) is 6.10 Å². The number of pyridine rings is 1. The van der Waals surface area contributed by atoms with Crippen LogP contribution in [0.1, 0.15) is 28.9 Å². The topological polar surface area (TPSA) is 64.3 Å². The number of benzene rings is 1. The van der Waals surface area contributed by atoms with Crippen molar-refractivity contribution in [1.29, 1.82) is 0 Å². The van der Waals surface area contributed by atoms with Crippen molar-refractivity contribution in [2.45, 2.75) is 12.6 Å². The summed E-state index contributed by atoms with van der Waals surface area (Å²) in [4.78, 5) is 10.8. The van der Waals surface area contributed by atoms with E-state index in [4.69, 9.17) is 9.26 Å². The van der Waals surface area contributed by atoms with Crippen LogP contribution in [0, 0.1) is 0 Å². The van der Waals surface area contributed by atoms with Crippen LogP contribution in [0.3, 0.4) is 0 Å². The molecule has 2 aromatic heterocycles. The maximum Gasteiger partial charge on any atom is 0.250 e. The predicted octanol–water partition coefficient (Wildman–Crippen LogP) is 3.21. The molecular formula is C20H20N4O2. The molecule has 3 aromatic rings. The first-order chi connectivity index (χ1) is 12.9. The lowest BCUT2D eigenvalue weighted by Gasteiger charge is -2.31. The lowest BCUT2D eigenvalue weighted by atomic mass is 10.2. The molecule has 132 valence electrons. The van der Waals surface area contributed by atoms with E-state index in [1.54, 1.807) is 18.5 Å². The standard InChI is InChI=1S/C20H20N4O2/c1-2-4-17(5-3-1)14-24-12-13-25-18(15-24)20-22-19(26-23-20)7-6-16-8-10-21-11-9-16/h1-11,18H,12-15H2. The Morgan fingerprint density at radius 3 is 2.77 bits per heavy atom. The fourth-order valence-electron chi connectivity index (χ4n) is 2.93. The van der Waals surface area contributed by atoms with Gasteiger partial charge in [-0.2, -0.15) is 4.98 Å². The summed E-state index contributed by atoms with van der Waals surface area (Å²) in [7, 11) is 0. The van der Waals surface area contributed by atoms with Crippen molar-refractivity contribution in [3.8, 4) is 0 Å². The second kappa shape index (κ2) is 8.03. The third-order valence-electron chi connectivity index (χ3n) is 4.27. The number of hydrogen-bond acceptors (Lipinski definition) is 6. The van der Waals surface area contributed by atoms with Gasteiger partial charge in [0.15, 0.2) is 0 Å². The van der Waals surface area contributed by atoms with Crippen molar-refractivity contribution in [3.63, 3.8) is 0 Å². The quantitative estimate of drug-likeness (QED) is 0.705. The van der Waals surface area contributed by atoms with E-state index in [1.165, 1.54) is 5.56 Å². The highest BCUT2D eigenvalue weighted by Crippen LogP contribution is 2.21. The van der Waals surface area contributed by atoms with Gasteiger partial charge in [0, 0.05) is 38.1 Å². The third-order valence-corrected chi connectivity index (χ3v) is 4.27. The smallest absolute Gasteiger partial charge is 0.250 e. The number of rotatable bonds is 5. The molecule has 3 heterocycles. The maximum absolute atomic E-state index is 5.85. The van der Waals surface area contributed by atoms with Crippen LogP contribution in [-0.2, 0) is 11.3 Å². The van der Waals surface area contributed by atoms with Crippen LogP contribution in [0.2, 0.25) is 0 Å². The monoisotopic (exact) mass is 348 g/mol. The highest BCUT2D eigenvalue weighted by atomic mass is 16.5. The molecule has 0 spiro atoms. The van der Waals surface area contributed by atoms with Crippen LogP contribution < -0.4 is 0 Å². The first-order valence-corrected chi connectivity index (χ1v) is 8.66. The number of morpholine rings is 1. The zero-order valence-corrected chi connectivity index (χ0v) is 14.4. The van der Waals surface area contributed by atoms with Crippen molar-refractivity contribution >= 4 is 12.2 Å². The van der Waals surface area contributed by atoms with Crippen LogP contribution in [0.25, 0.3) is 12.2 Å². The predicted molar refractivity (Wildman–Crippen MR) is 97.9 cm³/mol. The Kier molecular flexibility index (Phi) is 5.14. The molecule has 1 aliphatic rings. The molecule has 26 heavy (non-hydrogen) atoms. The molecule has 0 bridgehead atoms. The molecule has 0 aliphatic carbocycles. The Morgan fingerprint density at radius 2 is 1.92 bits per heavy atom. The lowest BCUT2D eigenvalue weighted by molar-refractivity contribution is -0.0380. The van der Waals surface area contributed by atoms with Crippen LogP contribution >= 0.6 is 0 Å². The average Bonchev–Trinajstić information content (AvgIpc) is 3.17. The largest absolute Gasteiger partial charge is 0.367 e. The minimum atomic E-state index is -0.167. The zero-order chi connectivity index (χ0) is 17.6. The van der Waals surface area contributed by atoms with Gasteiger partial charge in [0.2, 0.25) is 5.82 Å². The molecule has 1 atom stereocenters. The number of aromatic nitrogens is 3. The Hall–Kier alpha value is -2.83. The summed E-state index contributed by atoms with van der Waals surface area (Å²) >= 11 is 0. The van der Waals surface area contributed by atoms with Crippen LogP contribution in [0.4, 0.5) is 0 Å². The molecular weight excluding hydrogens is 328 g/mol. The first-order valence-electron chi connectivity index (χ1n) is 8.66. The average molecular weight is 348 g/mol. The molecule has 1 aromatic carbocycles. The van der Waals surface area contributed by atoms with E-state index < -0.39 is 0 Å². The highest BCUT2D eigenvalue weighted by molar-refractivity contribution is 5.65. The van der Waals surface area contributed by atoms with Crippen molar-refractivity contribution in [2.75, 3.05) is 19.7 Å². The molecule has 0 amide bonds. The van der Waals surface area contributed by atoms with Crippen LogP contribution in [0.5, 0.6) is 0 Å². The van der Waals surface area contributed by atoms with E-state index in [9.17, 15) is 0 Å². The number of ether oxygens (including phenoxy) is 1. The second-order valence-electron chi connectivity index (χ2n) is 6.18. The summed E-state index contributed by atoms with van der Waals surface area (Å²) in [5.74, 6) is 1.07. The molecule has 1 aliphatic heterocycles. The fraction of sp³-hybridized carbons (Fsp3) is 0.250. The molecule has 0 saturated carbocycles. The first kappa shape index (κ1) is 16.6. The minimum Gasteiger partial charge on any atom is -0.367 e. The molecule has 1 fully saturated rings. The van der Waals surface area contributed by atoms with Gasteiger partial charge in [0.25, 0.3) is 5.89 Å². The van der Waals surface area contributed by atoms with E-state index in [0.717, 1.165) is 25.2 Å². The van der Waals surface area contributed by atoms with Crippen LogP contribution in [0.15, 0.2) is 59.4 Å². The zero-order valence-electron chi connectivity index (χ0n) is 14.4. The van der Waals surface area contributed by atoms with Gasteiger partial charge >= 0.3 is 0 Å². The summed E-state index contributed by atoms with van der Waals surface area (Å²) in [6.45, 7) is 3.21. The van der Waals surface area contributed by atoms with E-state index in [0.29, 0.717) is 18.3 Å². The molecule has 6 heteroatoms. The summed E-state index contributed by atoms with van der Waals surface area (Å²) < 4.78 is 11.2. The summed E-state index contributed by atoms with van der Waals surface area (Å²) in [5.41, 5.74) is 2.32. The van der Waals surface area contributed by atoms with Crippen LogP contribution in [-0.4, -0.2) is 39.7 Å². The second-order valence-corrected chi connectivity index (χ2v) is 6.18. The Bertz CT molecular complexity index is 849. The SMILES string of the molecule is C(=Cc1nc(C2CN(Cc3ccccc3)CCO2)no1)c1ccncc1. The fourth-order valence-corrected chi connectivity index (χ4v) is 2.93. The Morgan fingerprint density at radius 1 is 1.08 bits per heavy atom. The molecule has 1 saturated heterocycles. The molecule has 4 rings (SSSR count). The van der Waals surface area contributed by atoms with Crippen molar-refractivity contribution in [1.82, 2.24) is 20.0 Å². The molecule has 0 N–H and O–H groups in total. The molecule has 0 radical (unpaired) electrons. The normalized spacial score (nSPS) is 18.4. The van der Waals surface area contributed by atoms with Gasteiger partial charge in [-0.25, -0.2) is 0 Å². The van der Waals surface area contributed by atoms with Crippen molar-refractivity contribution in [3.05, 3.63) is 77.7 Å². The van der Waals surface area contributed by atoms with E-state index >= 15 is 0 Å². The lowest BCUT2D eigenvalue weighted by Crippen LogP contribution is -2.38. The highest BCUT2D eigenvalue weighted by Gasteiger charge is 2.26.